The molecular formula is C20H18ClF3N2O5S. The van der Waals surface area contributed by atoms with Crippen molar-refractivity contribution in [1.29, 1.82) is 0 Å². The van der Waals surface area contributed by atoms with Crippen LogP contribution in [0, 0.1) is 5.92 Å². The summed E-state index contributed by atoms with van der Waals surface area (Å²) < 4.78 is 76.6. The maximum Gasteiger partial charge on any atom is 0.417 e. The third-order valence-electron chi connectivity index (χ3n) is 5.35. The number of halogens is 4. The van der Waals surface area contributed by atoms with Gasteiger partial charge in [-0.3, -0.25) is 4.79 Å². The third kappa shape index (κ3) is 4.50. The largest absolute Gasteiger partial charge is 0.454 e. The van der Waals surface area contributed by atoms with Crippen LogP contribution in [0.2, 0.25) is 5.02 Å². The predicted molar refractivity (Wildman–Crippen MR) is 109 cm³/mol. The van der Waals surface area contributed by atoms with Crippen molar-refractivity contribution >= 4 is 33.2 Å². The van der Waals surface area contributed by atoms with Crippen LogP contribution in [0.4, 0.5) is 18.9 Å². The zero-order chi connectivity index (χ0) is 23.1. The van der Waals surface area contributed by atoms with E-state index in [-0.39, 0.29) is 38.6 Å². The predicted octanol–water partition coefficient (Wildman–Crippen LogP) is 4.13. The number of alkyl halides is 3. The number of benzene rings is 2. The molecule has 0 spiro atoms. The fraction of sp³-hybridized carbons (Fsp3) is 0.350. The van der Waals surface area contributed by atoms with Crippen LogP contribution in [-0.2, 0) is 21.0 Å². The second-order valence-corrected chi connectivity index (χ2v) is 9.72. The molecule has 0 saturated carbocycles. The SMILES string of the molecule is O=C(Nc1ccc2c(c1)OCO2)C1CCN(S(=O)(=O)c2ccc(Cl)c(C(F)(F)F)c2)CC1. The summed E-state index contributed by atoms with van der Waals surface area (Å²) in [5, 5.41) is 2.20. The van der Waals surface area contributed by atoms with Crippen LogP contribution in [0.25, 0.3) is 0 Å². The molecule has 0 atom stereocenters. The van der Waals surface area contributed by atoms with Gasteiger partial charge >= 0.3 is 6.18 Å². The Kier molecular flexibility index (Phi) is 5.99. The molecule has 0 radical (unpaired) electrons. The van der Waals surface area contributed by atoms with Crippen molar-refractivity contribution < 1.29 is 35.9 Å². The molecule has 2 aromatic carbocycles. The third-order valence-corrected chi connectivity index (χ3v) is 7.57. The number of carbonyl (C=O) groups excluding carboxylic acids is 1. The quantitative estimate of drug-likeness (QED) is 0.696. The van der Waals surface area contributed by atoms with Gasteiger partial charge in [0.05, 0.1) is 15.5 Å². The lowest BCUT2D eigenvalue weighted by Gasteiger charge is -2.30. The van der Waals surface area contributed by atoms with Crippen LogP contribution in [0.5, 0.6) is 11.5 Å². The summed E-state index contributed by atoms with van der Waals surface area (Å²) in [4.78, 5) is 12.1. The van der Waals surface area contributed by atoms with E-state index < -0.39 is 37.6 Å². The number of hydrogen-bond acceptors (Lipinski definition) is 5. The van der Waals surface area contributed by atoms with Crippen LogP contribution >= 0.6 is 11.6 Å². The fourth-order valence-electron chi connectivity index (χ4n) is 3.61. The van der Waals surface area contributed by atoms with Gasteiger partial charge in [0.1, 0.15) is 0 Å². The van der Waals surface area contributed by atoms with Crippen LogP contribution in [0.3, 0.4) is 0 Å². The molecule has 0 aromatic heterocycles. The Bertz CT molecular complexity index is 1150. The highest BCUT2D eigenvalue weighted by Crippen LogP contribution is 2.37. The number of hydrogen-bond donors (Lipinski definition) is 1. The van der Waals surface area contributed by atoms with Crippen molar-refractivity contribution in [3.05, 3.63) is 47.0 Å². The Balaban J connectivity index is 1.41. The molecule has 2 aromatic rings. The van der Waals surface area contributed by atoms with Crippen molar-refractivity contribution in [3.8, 4) is 11.5 Å². The standard InChI is InChI=1S/C20H18ClF3N2O5S/c21-16-3-2-14(10-15(16)20(22,23)24)32(28,29)26-7-5-12(6-8-26)19(27)25-13-1-4-17-18(9-13)31-11-30-17/h1-4,9-10,12H,5-8,11H2,(H,25,27). The van der Waals surface area contributed by atoms with Crippen LogP contribution in [0.1, 0.15) is 18.4 Å². The molecule has 172 valence electrons. The molecule has 2 aliphatic heterocycles. The molecule has 2 aliphatic rings. The molecule has 1 saturated heterocycles. The molecule has 7 nitrogen and oxygen atoms in total. The molecule has 0 aliphatic carbocycles. The first-order valence-corrected chi connectivity index (χ1v) is 11.4. The van der Waals surface area contributed by atoms with Gasteiger partial charge < -0.3 is 14.8 Å². The number of nitrogens with zero attached hydrogens (tertiary/aromatic N) is 1. The smallest absolute Gasteiger partial charge is 0.417 e. The zero-order valence-electron chi connectivity index (χ0n) is 16.5. The van der Waals surface area contributed by atoms with Crippen LogP contribution in [-0.4, -0.2) is 38.5 Å². The van der Waals surface area contributed by atoms with Crippen molar-refractivity contribution in [2.75, 3.05) is 25.2 Å². The van der Waals surface area contributed by atoms with E-state index in [9.17, 15) is 26.4 Å². The first kappa shape index (κ1) is 22.7. The minimum Gasteiger partial charge on any atom is -0.454 e. The molecule has 32 heavy (non-hydrogen) atoms. The Labute approximate surface area is 187 Å². The van der Waals surface area contributed by atoms with Gasteiger partial charge in [-0.25, -0.2) is 8.42 Å². The Hall–Kier alpha value is -2.50. The van der Waals surface area contributed by atoms with Gasteiger partial charge in [-0.05, 0) is 43.2 Å². The maximum atomic E-state index is 13.1. The first-order valence-electron chi connectivity index (χ1n) is 9.63. The highest BCUT2D eigenvalue weighted by molar-refractivity contribution is 7.89. The van der Waals surface area contributed by atoms with Crippen molar-refractivity contribution in [2.24, 2.45) is 5.92 Å². The van der Waals surface area contributed by atoms with E-state index >= 15 is 0 Å². The molecule has 0 bridgehead atoms. The fourth-order valence-corrected chi connectivity index (χ4v) is 5.33. The summed E-state index contributed by atoms with van der Waals surface area (Å²) >= 11 is 5.58. The van der Waals surface area contributed by atoms with Crippen molar-refractivity contribution in [3.63, 3.8) is 0 Å². The van der Waals surface area contributed by atoms with Crippen molar-refractivity contribution in [1.82, 2.24) is 4.31 Å². The average Bonchev–Trinajstić information content (AvgIpc) is 3.21. The first-order chi connectivity index (χ1) is 15.1. The van der Waals surface area contributed by atoms with Gasteiger partial charge in [0.15, 0.2) is 11.5 Å². The number of fused-ring (bicyclic) bond motifs is 1. The summed E-state index contributed by atoms with van der Waals surface area (Å²) in [7, 11) is -4.16. The molecule has 0 unspecified atom stereocenters. The molecule has 1 fully saturated rings. The summed E-state index contributed by atoms with van der Waals surface area (Å²) in [5.74, 6) is 0.386. The van der Waals surface area contributed by atoms with E-state index in [0.29, 0.717) is 23.3 Å². The minimum atomic E-state index is -4.78. The van der Waals surface area contributed by atoms with Gasteiger partial charge in [-0.15, -0.1) is 0 Å². The van der Waals surface area contributed by atoms with Gasteiger partial charge in [0.2, 0.25) is 22.7 Å². The second-order valence-electron chi connectivity index (χ2n) is 7.38. The Morgan fingerprint density at radius 1 is 1.06 bits per heavy atom. The summed E-state index contributed by atoms with van der Waals surface area (Å²) in [5.41, 5.74) is -0.687. The zero-order valence-corrected chi connectivity index (χ0v) is 18.1. The normalized spacial score (nSPS) is 17.4. The molecule has 1 amide bonds. The van der Waals surface area contributed by atoms with E-state index in [2.05, 4.69) is 5.32 Å². The number of ether oxygens (including phenoxy) is 2. The maximum absolute atomic E-state index is 13.1. The number of carbonyl (C=O) groups is 1. The Morgan fingerprint density at radius 3 is 2.44 bits per heavy atom. The van der Waals surface area contributed by atoms with Gasteiger partial charge in [-0.1, -0.05) is 11.6 Å². The summed E-state index contributed by atoms with van der Waals surface area (Å²) in [6, 6.07) is 7.49. The Morgan fingerprint density at radius 2 is 1.75 bits per heavy atom. The number of amides is 1. The number of sulfonamides is 1. The summed E-state index contributed by atoms with van der Waals surface area (Å²) in [6.45, 7) is 0.120. The van der Waals surface area contributed by atoms with Crippen LogP contribution in [0.15, 0.2) is 41.3 Å². The number of rotatable bonds is 4. The van der Waals surface area contributed by atoms with E-state index in [1.54, 1.807) is 18.2 Å². The van der Waals surface area contributed by atoms with E-state index in [4.69, 9.17) is 21.1 Å². The van der Waals surface area contributed by atoms with Crippen LogP contribution < -0.4 is 14.8 Å². The monoisotopic (exact) mass is 490 g/mol. The molecular weight excluding hydrogens is 473 g/mol. The van der Waals surface area contributed by atoms with Gasteiger partial charge in [-0.2, -0.15) is 17.5 Å². The molecule has 12 heteroatoms. The highest BCUT2D eigenvalue weighted by atomic mass is 35.5. The van der Waals surface area contributed by atoms with Crippen molar-refractivity contribution in [2.45, 2.75) is 23.9 Å². The van der Waals surface area contributed by atoms with E-state index in [1.807, 2.05) is 0 Å². The van der Waals surface area contributed by atoms with Gasteiger partial charge in [0.25, 0.3) is 0 Å². The van der Waals surface area contributed by atoms with E-state index in [0.717, 1.165) is 16.4 Å². The number of nitrogens with one attached hydrogen (secondary N) is 1. The molecule has 2 heterocycles. The lowest BCUT2D eigenvalue weighted by Crippen LogP contribution is -2.41. The molecule has 1 N–H and O–H groups in total. The lowest BCUT2D eigenvalue weighted by atomic mass is 9.97. The van der Waals surface area contributed by atoms with E-state index in [1.165, 1.54) is 0 Å². The lowest BCUT2D eigenvalue weighted by molar-refractivity contribution is -0.137. The van der Waals surface area contributed by atoms with Gasteiger partial charge in [0, 0.05) is 30.8 Å². The number of anilines is 1. The second kappa shape index (κ2) is 8.45. The topological polar surface area (TPSA) is 84.9 Å². The average molecular weight is 491 g/mol. The summed E-state index contributed by atoms with van der Waals surface area (Å²) in [6.07, 6.45) is -4.31. The molecule has 4 rings (SSSR count). The highest BCUT2D eigenvalue weighted by Gasteiger charge is 2.37. The number of piperidine rings is 1. The minimum absolute atomic E-state index is 0.00549.